The van der Waals surface area contributed by atoms with Gasteiger partial charge in [0, 0.05) is 28.6 Å². The van der Waals surface area contributed by atoms with Gasteiger partial charge in [-0.3, -0.25) is 0 Å². The van der Waals surface area contributed by atoms with Crippen molar-refractivity contribution in [1.82, 2.24) is 19.9 Å². The zero-order valence-corrected chi connectivity index (χ0v) is 13.1. The average Bonchev–Trinajstić information content (AvgIpc) is 3.04. The number of rotatable bonds is 4. The Morgan fingerprint density at radius 3 is 2.90 bits per heavy atom. The molecule has 2 aromatic heterocycles. The molecule has 108 valence electrons. The molecule has 1 N–H and O–H groups in total. The molecule has 0 amide bonds. The van der Waals surface area contributed by atoms with Gasteiger partial charge in [0.25, 0.3) is 0 Å². The van der Waals surface area contributed by atoms with E-state index in [1.807, 2.05) is 29.3 Å². The quantitative estimate of drug-likeness (QED) is 0.594. The van der Waals surface area contributed by atoms with E-state index in [1.165, 1.54) is 5.39 Å². The first-order chi connectivity index (χ1) is 10.2. The van der Waals surface area contributed by atoms with E-state index in [4.69, 9.17) is 0 Å². The van der Waals surface area contributed by atoms with E-state index in [1.54, 1.807) is 11.8 Å². The van der Waals surface area contributed by atoms with Crippen LogP contribution >= 0.6 is 11.8 Å². The topological polar surface area (TPSA) is 58.9 Å². The molecule has 0 aliphatic rings. The second kappa shape index (κ2) is 5.73. The van der Waals surface area contributed by atoms with Crippen molar-refractivity contribution in [2.45, 2.75) is 25.4 Å². The van der Waals surface area contributed by atoms with Gasteiger partial charge in [-0.2, -0.15) is 9.78 Å². The second-order valence-corrected chi connectivity index (χ2v) is 5.50. The molecule has 0 saturated heterocycles. The molecule has 1 aromatic carbocycles. The van der Waals surface area contributed by atoms with Gasteiger partial charge >= 0.3 is 0 Å². The van der Waals surface area contributed by atoms with Gasteiger partial charge in [0.2, 0.25) is 5.16 Å². The van der Waals surface area contributed by atoms with E-state index in [-0.39, 0.29) is 0 Å². The molecule has 5 nitrogen and oxygen atoms in total. The molecule has 0 saturated carbocycles. The Bertz CT molecular complexity index is 778. The number of aromatic amines is 1. The molecule has 0 spiro atoms. The normalized spacial score (nSPS) is 11.8. The Morgan fingerprint density at radius 1 is 1.33 bits per heavy atom. The Labute approximate surface area is 127 Å². The molecule has 0 fully saturated rings. The first kappa shape index (κ1) is 13.9. The van der Waals surface area contributed by atoms with Crippen LogP contribution in [0.3, 0.4) is 0 Å². The van der Waals surface area contributed by atoms with E-state index in [0.29, 0.717) is 0 Å². The van der Waals surface area contributed by atoms with E-state index < -0.39 is 0 Å². The van der Waals surface area contributed by atoms with Crippen molar-refractivity contribution in [3.63, 3.8) is 0 Å². The molecule has 0 atom stereocenters. The summed E-state index contributed by atoms with van der Waals surface area (Å²) < 4.78 is 1.81. The maximum absolute atomic E-state index is 4.59. The van der Waals surface area contributed by atoms with Gasteiger partial charge < -0.3 is 4.98 Å². The first-order valence-electron chi connectivity index (χ1n) is 6.84. The Hall–Kier alpha value is -2.08. The van der Waals surface area contributed by atoms with Crippen molar-refractivity contribution >= 4 is 28.9 Å². The van der Waals surface area contributed by atoms with Crippen molar-refractivity contribution in [2.24, 2.45) is 5.10 Å². The zero-order chi connectivity index (χ0) is 14.8. The van der Waals surface area contributed by atoms with Crippen molar-refractivity contribution < 1.29 is 0 Å². The number of benzene rings is 1. The Morgan fingerprint density at radius 2 is 2.14 bits per heavy atom. The van der Waals surface area contributed by atoms with E-state index in [2.05, 4.69) is 46.3 Å². The highest BCUT2D eigenvalue weighted by Gasteiger charge is 2.10. The number of hydrogen-bond donors (Lipinski definition) is 1. The molecule has 21 heavy (non-hydrogen) atoms. The number of para-hydroxylation sites is 1. The number of thioether (sulfide) groups is 1. The molecule has 6 heteroatoms. The molecular weight excluding hydrogens is 282 g/mol. The number of aryl methyl sites for hydroxylation is 2. The minimum atomic E-state index is 0.803. The number of H-pyrrole nitrogens is 1. The third kappa shape index (κ3) is 2.47. The van der Waals surface area contributed by atoms with Crippen LogP contribution in [0.4, 0.5) is 0 Å². The molecule has 0 radical (unpaired) electrons. The largest absolute Gasteiger partial charge is 0.358 e. The van der Waals surface area contributed by atoms with Gasteiger partial charge in [-0.15, -0.1) is 10.2 Å². The molecule has 0 aliphatic heterocycles. The number of hydrogen-bond acceptors (Lipinski definition) is 4. The van der Waals surface area contributed by atoms with E-state index in [9.17, 15) is 0 Å². The third-order valence-electron chi connectivity index (χ3n) is 3.42. The summed E-state index contributed by atoms with van der Waals surface area (Å²) >= 11 is 1.54. The summed E-state index contributed by atoms with van der Waals surface area (Å²) in [4.78, 5) is 3.38. The molecule has 3 rings (SSSR count). The number of aromatic nitrogens is 4. The van der Waals surface area contributed by atoms with Crippen LogP contribution in [-0.4, -0.2) is 32.3 Å². The predicted molar refractivity (Wildman–Crippen MR) is 87.2 cm³/mol. The molecule has 3 aromatic rings. The van der Waals surface area contributed by atoms with E-state index in [0.717, 1.165) is 34.2 Å². The number of nitrogens with zero attached hydrogens (tertiary/aromatic N) is 4. The summed E-state index contributed by atoms with van der Waals surface area (Å²) in [6.45, 7) is 4.11. The van der Waals surface area contributed by atoms with Gasteiger partial charge in [-0.25, -0.2) is 0 Å². The molecule has 0 bridgehead atoms. The fraction of sp³-hybridized carbons (Fsp3) is 0.267. The summed E-state index contributed by atoms with van der Waals surface area (Å²) in [7, 11) is 0. The Kier molecular flexibility index (Phi) is 3.79. The smallest absolute Gasteiger partial charge is 0.211 e. The number of nitrogens with one attached hydrogen (secondary N) is 1. The highest BCUT2D eigenvalue weighted by Crippen LogP contribution is 2.20. The van der Waals surface area contributed by atoms with Crippen molar-refractivity contribution in [2.75, 3.05) is 6.26 Å². The third-order valence-corrected chi connectivity index (χ3v) is 4.04. The molecular formula is C15H17N5S. The van der Waals surface area contributed by atoms with E-state index >= 15 is 0 Å². The minimum Gasteiger partial charge on any atom is -0.358 e. The number of fused-ring (bicyclic) bond motifs is 1. The van der Waals surface area contributed by atoms with Crippen molar-refractivity contribution in [3.05, 3.63) is 41.3 Å². The first-order valence-corrected chi connectivity index (χ1v) is 8.07. The van der Waals surface area contributed by atoms with Gasteiger partial charge in [0.05, 0.1) is 6.21 Å². The van der Waals surface area contributed by atoms with Crippen LogP contribution in [0.2, 0.25) is 0 Å². The maximum Gasteiger partial charge on any atom is 0.211 e. The van der Waals surface area contributed by atoms with Crippen molar-refractivity contribution in [1.29, 1.82) is 0 Å². The van der Waals surface area contributed by atoms with Gasteiger partial charge in [-0.05, 0) is 19.2 Å². The lowest BCUT2D eigenvalue weighted by molar-refractivity contribution is 0.723. The van der Waals surface area contributed by atoms with Crippen LogP contribution in [0.1, 0.15) is 24.0 Å². The summed E-state index contributed by atoms with van der Waals surface area (Å²) in [6, 6.07) is 8.24. The van der Waals surface area contributed by atoms with Crippen LogP contribution in [-0.2, 0) is 6.42 Å². The summed E-state index contributed by atoms with van der Waals surface area (Å²) in [5.74, 6) is 0.869. The lowest BCUT2D eigenvalue weighted by Gasteiger charge is -2.00. The standard InChI is InChI=1S/C15H17N5S/c1-4-14-18-19-15(21-3)20(14)16-9-12-10(2)17-13-8-6-5-7-11(12)13/h5-9,17H,4H2,1-3H3/b16-9-. The fourth-order valence-electron chi connectivity index (χ4n) is 2.34. The lowest BCUT2D eigenvalue weighted by atomic mass is 10.1. The summed E-state index contributed by atoms with van der Waals surface area (Å²) in [5, 5.41) is 14.9. The SMILES string of the molecule is CCc1nnc(SC)n1/N=C\c1c(C)[nH]c2ccccc12. The van der Waals surface area contributed by atoms with Crippen LogP contribution in [0.5, 0.6) is 0 Å². The fourth-order valence-corrected chi connectivity index (χ4v) is 2.79. The van der Waals surface area contributed by atoms with Gasteiger partial charge in [-0.1, -0.05) is 36.9 Å². The Balaban J connectivity index is 2.06. The van der Waals surface area contributed by atoms with Crippen LogP contribution in [0, 0.1) is 6.92 Å². The highest BCUT2D eigenvalue weighted by atomic mass is 32.2. The predicted octanol–water partition coefficient (Wildman–Crippen LogP) is 3.23. The van der Waals surface area contributed by atoms with Crippen LogP contribution in [0.15, 0.2) is 34.5 Å². The molecule has 0 aliphatic carbocycles. The summed E-state index contributed by atoms with van der Waals surface area (Å²) in [6.07, 6.45) is 4.67. The monoisotopic (exact) mass is 299 g/mol. The minimum absolute atomic E-state index is 0.803. The van der Waals surface area contributed by atoms with Crippen LogP contribution < -0.4 is 0 Å². The zero-order valence-electron chi connectivity index (χ0n) is 12.3. The molecule has 2 heterocycles. The summed E-state index contributed by atoms with van der Waals surface area (Å²) in [5.41, 5.74) is 3.34. The van der Waals surface area contributed by atoms with Gasteiger partial charge in [0.15, 0.2) is 5.82 Å². The van der Waals surface area contributed by atoms with Gasteiger partial charge in [0.1, 0.15) is 0 Å². The average molecular weight is 299 g/mol. The second-order valence-electron chi connectivity index (χ2n) is 4.72. The highest BCUT2D eigenvalue weighted by molar-refractivity contribution is 7.98. The maximum atomic E-state index is 4.59. The molecule has 0 unspecified atom stereocenters. The lowest BCUT2D eigenvalue weighted by Crippen LogP contribution is -1.99. The van der Waals surface area contributed by atoms with Crippen LogP contribution in [0.25, 0.3) is 10.9 Å². The van der Waals surface area contributed by atoms with Crippen molar-refractivity contribution in [3.8, 4) is 0 Å².